The number of hydrogen-bond donors (Lipinski definition) is 3. The molecule has 0 amide bonds. The molecule has 0 aromatic heterocycles. The number of sulfonamides is 1. The van der Waals surface area contributed by atoms with Crippen molar-refractivity contribution in [1.82, 2.24) is 10.6 Å². The van der Waals surface area contributed by atoms with Crippen LogP contribution < -0.4 is 15.8 Å². The topological polar surface area (TPSA) is 106 Å². The first-order valence-corrected chi connectivity index (χ1v) is 11.8. The Balaban J connectivity index is 0.00000420. The summed E-state index contributed by atoms with van der Waals surface area (Å²) < 4.78 is 28.6. The monoisotopic (exact) mass is 538 g/mol. The molecular formula is C20H35IN4O3S. The van der Waals surface area contributed by atoms with Crippen LogP contribution in [0, 0.1) is 0 Å². The summed E-state index contributed by atoms with van der Waals surface area (Å²) in [5.41, 5.74) is 1.03. The van der Waals surface area contributed by atoms with E-state index in [1.807, 2.05) is 6.92 Å². The molecule has 4 N–H and O–H groups in total. The molecule has 0 atom stereocenters. The van der Waals surface area contributed by atoms with Crippen molar-refractivity contribution in [2.75, 3.05) is 26.2 Å². The van der Waals surface area contributed by atoms with E-state index in [9.17, 15) is 8.42 Å². The Morgan fingerprint density at radius 3 is 2.38 bits per heavy atom. The lowest BCUT2D eigenvalue weighted by molar-refractivity contribution is 0.0487. The SMILES string of the molecule is CCNC(=NCCOC1CCCCCC1)NCCc1ccc(S(N)(=O)=O)cc1.I. The smallest absolute Gasteiger partial charge is 0.238 e. The Kier molecular flexibility index (Phi) is 12.8. The van der Waals surface area contributed by atoms with Gasteiger partial charge in [-0.3, -0.25) is 4.99 Å². The maximum Gasteiger partial charge on any atom is 0.238 e. The molecular weight excluding hydrogens is 503 g/mol. The zero-order chi connectivity index (χ0) is 20.2. The summed E-state index contributed by atoms with van der Waals surface area (Å²) in [6.45, 7) is 4.80. The van der Waals surface area contributed by atoms with Crippen molar-refractivity contribution in [3.8, 4) is 0 Å². The van der Waals surface area contributed by atoms with Crippen LogP contribution in [0.4, 0.5) is 0 Å². The van der Waals surface area contributed by atoms with Crippen LogP contribution in [0.2, 0.25) is 0 Å². The highest BCUT2D eigenvalue weighted by Crippen LogP contribution is 2.19. The van der Waals surface area contributed by atoms with E-state index < -0.39 is 10.0 Å². The molecule has 1 aliphatic rings. The van der Waals surface area contributed by atoms with Gasteiger partial charge in [0, 0.05) is 13.1 Å². The molecule has 1 aliphatic carbocycles. The summed E-state index contributed by atoms with van der Waals surface area (Å²) in [5, 5.41) is 11.7. The molecule has 0 spiro atoms. The minimum absolute atomic E-state index is 0. The minimum Gasteiger partial charge on any atom is -0.376 e. The highest BCUT2D eigenvalue weighted by atomic mass is 127. The number of rotatable bonds is 9. The first-order chi connectivity index (χ1) is 13.5. The number of halogens is 1. The van der Waals surface area contributed by atoms with E-state index in [0.29, 0.717) is 25.8 Å². The van der Waals surface area contributed by atoms with Gasteiger partial charge in [0.2, 0.25) is 10.0 Å². The van der Waals surface area contributed by atoms with Crippen molar-refractivity contribution < 1.29 is 13.2 Å². The van der Waals surface area contributed by atoms with Gasteiger partial charge in [0.15, 0.2) is 5.96 Å². The molecule has 0 heterocycles. The number of benzene rings is 1. The lowest BCUT2D eigenvalue weighted by Crippen LogP contribution is -2.38. The number of ether oxygens (including phenoxy) is 1. The van der Waals surface area contributed by atoms with Crippen LogP contribution in [0.25, 0.3) is 0 Å². The summed E-state index contributed by atoms with van der Waals surface area (Å²) in [6, 6.07) is 6.64. The summed E-state index contributed by atoms with van der Waals surface area (Å²) in [7, 11) is -3.64. The Hall–Kier alpha value is -0.910. The Bertz CT molecular complexity index is 703. The molecule has 166 valence electrons. The molecule has 1 saturated carbocycles. The van der Waals surface area contributed by atoms with E-state index in [2.05, 4.69) is 15.6 Å². The quantitative estimate of drug-likeness (QED) is 0.148. The molecule has 7 nitrogen and oxygen atoms in total. The predicted octanol–water partition coefficient (Wildman–Crippen LogP) is 2.79. The number of guanidine groups is 1. The highest BCUT2D eigenvalue weighted by Gasteiger charge is 2.12. The highest BCUT2D eigenvalue weighted by molar-refractivity contribution is 14.0. The number of hydrogen-bond acceptors (Lipinski definition) is 4. The molecule has 0 radical (unpaired) electrons. The van der Waals surface area contributed by atoms with Gasteiger partial charge < -0.3 is 15.4 Å². The third-order valence-electron chi connectivity index (χ3n) is 4.82. The fourth-order valence-corrected chi connectivity index (χ4v) is 3.81. The second-order valence-electron chi connectivity index (χ2n) is 7.11. The van der Waals surface area contributed by atoms with Crippen molar-refractivity contribution in [3.05, 3.63) is 29.8 Å². The van der Waals surface area contributed by atoms with Gasteiger partial charge in [0.05, 0.1) is 24.2 Å². The van der Waals surface area contributed by atoms with Crippen LogP contribution in [0.1, 0.15) is 51.0 Å². The molecule has 1 fully saturated rings. The number of primary sulfonamides is 1. The fourth-order valence-electron chi connectivity index (χ4n) is 3.30. The van der Waals surface area contributed by atoms with Crippen molar-refractivity contribution in [2.24, 2.45) is 10.1 Å². The molecule has 29 heavy (non-hydrogen) atoms. The van der Waals surface area contributed by atoms with Gasteiger partial charge in [0.25, 0.3) is 0 Å². The van der Waals surface area contributed by atoms with Gasteiger partial charge in [-0.2, -0.15) is 0 Å². The molecule has 1 aromatic carbocycles. The van der Waals surface area contributed by atoms with Gasteiger partial charge >= 0.3 is 0 Å². The summed E-state index contributed by atoms with van der Waals surface area (Å²) in [5.74, 6) is 0.771. The minimum atomic E-state index is -3.64. The van der Waals surface area contributed by atoms with Crippen molar-refractivity contribution in [2.45, 2.75) is 62.9 Å². The second kappa shape index (κ2) is 14.2. The first-order valence-electron chi connectivity index (χ1n) is 10.2. The zero-order valence-electron chi connectivity index (χ0n) is 17.2. The molecule has 1 aromatic rings. The third-order valence-corrected chi connectivity index (χ3v) is 5.75. The van der Waals surface area contributed by atoms with E-state index in [4.69, 9.17) is 9.88 Å². The van der Waals surface area contributed by atoms with E-state index in [0.717, 1.165) is 24.5 Å². The van der Waals surface area contributed by atoms with Crippen LogP contribution in [-0.4, -0.2) is 46.7 Å². The Morgan fingerprint density at radius 1 is 1.14 bits per heavy atom. The number of nitrogens with one attached hydrogen (secondary N) is 2. The Morgan fingerprint density at radius 2 is 1.79 bits per heavy atom. The fraction of sp³-hybridized carbons (Fsp3) is 0.650. The lowest BCUT2D eigenvalue weighted by atomic mass is 10.1. The molecule has 0 unspecified atom stereocenters. The molecule has 9 heteroatoms. The van der Waals surface area contributed by atoms with Gasteiger partial charge in [-0.05, 0) is 43.9 Å². The summed E-state index contributed by atoms with van der Waals surface area (Å²) >= 11 is 0. The van der Waals surface area contributed by atoms with Gasteiger partial charge in [-0.15, -0.1) is 24.0 Å². The second-order valence-corrected chi connectivity index (χ2v) is 8.67. The largest absolute Gasteiger partial charge is 0.376 e. The number of aliphatic imine (C=N–C) groups is 1. The average Bonchev–Trinajstić information content (AvgIpc) is 2.94. The van der Waals surface area contributed by atoms with Crippen molar-refractivity contribution >= 4 is 40.0 Å². The molecule has 0 aliphatic heterocycles. The molecule has 0 bridgehead atoms. The first kappa shape index (κ1) is 26.1. The maximum absolute atomic E-state index is 11.3. The van der Waals surface area contributed by atoms with E-state index in [1.54, 1.807) is 12.1 Å². The predicted molar refractivity (Wildman–Crippen MR) is 128 cm³/mol. The van der Waals surface area contributed by atoms with Crippen molar-refractivity contribution in [3.63, 3.8) is 0 Å². The van der Waals surface area contributed by atoms with Crippen molar-refractivity contribution in [1.29, 1.82) is 0 Å². The molecule has 0 saturated heterocycles. The standard InChI is InChI=1S/C20H34N4O3S.HI/c1-2-22-20(24-15-16-27-18-7-5-3-4-6-8-18)23-14-13-17-9-11-19(12-10-17)28(21,25)26;/h9-12,18H,2-8,13-16H2,1H3,(H2,21,25,26)(H2,22,23,24);1H. The van der Waals surface area contributed by atoms with Crippen LogP contribution in [-0.2, 0) is 21.2 Å². The van der Waals surface area contributed by atoms with E-state index in [-0.39, 0.29) is 28.9 Å². The van der Waals surface area contributed by atoms with Crippen LogP contribution in [0.15, 0.2) is 34.2 Å². The van der Waals surface area contributed by atoms with Gasteiger partial charge in [-0.25, -0.2) is 13.6 Å². The number of nitrogens with two attached hydrogens (primary N) is 1. The van der Waals surface area contributed by atoms with Crippen LogP contribution in [0.5, 0.6) is 0 Å². The average molecular weight is 538 g/mol. The third kappa shape index (κ3) is 10.6. The van der Waals surface area contributed by atoms with Gasteiger partial charge in [-0.1, -0.05) is 37.8 Å². The summed E-state index contributed by atoms with van der Waals surface area (Å²) in [6.07, 6.45) is 8.71. The molecule has 2 rings (SSSR count). The van der Waals surface area contributed by atoms with E-state index >= 15 is 0 Å². The maximum atomic E-state index is 11.3. The van der Waals surface area contributed by atoms with E-state index in [1.165, 1.54) is 50.7 Å². The number of nitrogens with zero attached hydrogens (tertiary/aromatic N) is 1. The zero-order valence-corrected chi connectivity index (χ0v) is 20.4. The van der Waals surface area contributed by atoms with Crippen LogP contribution in [0.3, 0.4) is 0 Å². The van der Waals surface area contributed by atoms with Crippen LogP contribution >= 0.6 is 24.0 Å². The normalized spacial score (nSPS) is 16.0. The van der Waals surface area contributed by atoms with Gasteiger partial charge in [0.1, 0.15) is 0 Å². The Labute approximate surface area is 192 Å². The summed E-state index contributed by atoms with van der Waals surface area (Å²) in [4.78, 5) is 4.70. The lowest BCUT2D eigenvalue weighted by Gasteiger charge is -2.15.